The number of aromatic nitrogens is 2. The van der Waals surface area contributed by atoms with Gasteiger partial charge in [-0.05, 0) is 40.2 Å². The van der Waals surface area contributed by atoms with Gasteiger partial charge in [0.2, 0.25) is 0 Å². The number of ether oxygens (including phenoxy) is 1. The molecule has 0 N–H and O–H groups in total. The average Bonchev–Trinajstić information content (AvgIpc) is 3.61. The fourth-order valence-corrected chi connectivity index (χ4v) is 7.66. The first kappa shape index (κ1) is 27.9. The van der Waals surface area contributed by atoms with Crippen LogP contribution in [0.4, 0.5) is 0 Å². The molecule has 0 bridgehead atoms. The quantitative estimate of drug-likeness (QED) is 0.216. The molecule has 0 amide bonds. The molecule has 41 heavy (non-hydrogen) atoms. The Morgan fingerprint density at radius 3 is 1.66 bits per heavy atom. The van der Waals surface area contributed by atoms with Crippen molar-refractivity contribution >= 4 is 22.6 Å². The first-order valence-electron chi connectivity index (χ1n) is 13.8. The van der Waals surface area contributed by atoms with Crippen LogP contribution in [0.1, 0.15) is 28.1 Å². The Labute approximate surface area is 246 Å². The number of benzene rings is 5. The summed E-state index contributed by atoms with van der Waals surface area (Å²) in [6, 6.07) is 50.2. The summed E-state index contributed by atoms with van der Waals surface area (Å²) in [4.78, 5) is 4.37. The minimum Gasteiger partial charge on any atom is -0.497 e. The van der Waals surface area contributed by atoms with E-state index in [1.54, 1.807) is 7.11 Å². The monoisotopic (exact) mass is 548 g/mol. The first-order valence-corrected chi connectivity index (χ1v) is 15.2. The first-order chi connectivity index (χ1) is 20.2. The van der Waals surface area contributed by atoms with E-state index >= 15 is 0 Å². The Balaban J connectivity index is 0.000000202. The minimum absolute atomic E-state index is 0.0163. The molecule has 0 aliphatic heterocycles. The van der Waals surface area contributed by atoms with Crippen molar-refractivity contribution < 1.29 is 4.74 Å². The normalized spacial score (nSPS) is 11.3. The number of nitrogens with zero attached hydrogens (tertiary/aromatic N) is 2. The Hall–Kier alpha value is -4.61. The molecular formula is C36H33BN2OSi. The third kappa shape index (κ3) is 6.59. The molecule has 0 unspecified atom stereocenters. The van der Waals surface area contributed by atoms with Crippen LogP contribution < -0.4 is 9.92 Å². The highest BCUT2D eigenvalue weighted by molar-refractivity contribution is 6.57. The van der Waals surface area contributed by atoms with Crippen LogP contribution >= 0.6 is 0 Å². The third-order valence-electron chi connectivity index (χ3n) is 7.36. The molecule has 1 aromatic heterocycles. The zero-order valence-corrected chi connectivity index (χ0v) is 24.7. The number of methoxy groups -OCH3 is 1. The van der Waals surface area contributed by atoms with Crippen molar-refractivity contribution in [3.63, 3.8) is 0 Å². The van der Waals surface area contributed by atoms with Gasteiger partial charge < -0.3 is 9.30 Å². The van der Waals surface area contributed by atoms with Crippen molar-refractivity contribution in [2.24, 2.45) is 0 Å². The Bertz CT molecular complexity index is 1520. The SMILES string of the molecule is COc1cccc([SiH2]C(c2ccccc2)(c2ccccc2)n2ccnc2)c1.[B]C(c1ccccc1)c1ccccc1. The molecule has 0 atom stereocenters. The van der Waals surface area contributed by atoms with E-state index in [0.717, 1.165) is 16.9 Å². The van der Waals surface area contributed by atoms with Gasteiger partial charge in [0.15, 0.2) is 0 Å². The fraction of sp³-hybridized carbons (Fsp3) is 0.0833. The van der Waals surface area contributed by atoms with Gasteiger partial charge in [-0.2, -0.15) is 0 Å². The van der Waals surface area contributed by atoms with Gasteiger partial charge in [-0.25, -0.2) is 4.98 Å². The Morgan fingerprint density at radius 2 is 1.20 bits per heavy atom. The van der Waals surface area contributed by atoms with Gasteiger partial charge in [0.25, 0.3) is 0 Å². The summed E-state index contributed by atoms with van der Waals surface area (Å²) >= 11 is 0. The summed E-state index contributed by atoms with van der Waals surface area (Å²) < 4.78 is 7.74. The zero-order valence-electron chi connectivity index (χ0n) is 23.3. The number of hydrogen-bond acceptors (Lipinski definition) is 2. The predicted octanol–water partition coefficient (Wildman–Crippen LogP) is 6.08. The highest BCUT2D eigenvalue weighted by Gasteiger charge is 2.36. The van der Waals surface area contributed by atoms with Crippen LogP contribution in [0.2, 0.25) is 0 Å². The van der Waals surface area contributed by atoms with E-state index in [9.17, 15) is 0 Å². The van der Waals surface area contributed by atoms with E-state index in [1.807, 2.05) is 55.0 Å². The molecule has 5 heteroatoms. The fourth-order valence-electron chi connectivity index (χ4n) is 5.26. The lowest BCUT2D eigenvalue weighted by Crippen LogP contribution is -2.46. The topological polar surface area (TPSA) is 27.1 Å². The second-order valence-electron chi connectivity index (χ2n) is 9.89. The lowest BCUT2D eigenvalue weighted by Gasteiger charge is -2.37. The Kier molecular flexibility index (Phi) is 9.30. The molecule has 3 nitrogen and oxygen atoms in total. The minimum atomic E-state index is -0.858. The maximum Gasteiger partial charge on any atom is 0.118 e. The Morgan fingerprint density at radius 1 is 0.683 bits per heavy atom. The molecule has 200 valence electrons. The lowest BCUT2D eigenvalue weighted by atomic mass is 9.76. The largest absolute Gasteiger partial charge is 0.497 e. The highest BCUT2D eigenvalue weighted by Crippen LogP contribution is 2.33. The predicted molar refractivity (Wildman–Crippen MR) is 173 cm³/mol. The summed E-state index contributed by atoms with van der Waals surface area (Å²) in [5.41, 5.74) is 4.87. The van der Waals surface area contributed by atoms with E-state index in [-0.39, 0.29) is 11.0 Å². The summed E-state index contributed by atoms with van der Waals surface area (Å²) in [7, 11) is 6.98. The van der Waals surface area contributed by atoms with Gasteiger partial charge in [-0.1, -0.05) is 139 Å². The summed E-state index contributed by atoms with van der Waals surface area (Å²) in [6.45, 7) is 0. The lowest BCUT2D eigenvalue weighted by molar-refractivity contribution is 0.415. The van der Waals surface area contributed by atoms with Crippen molar-refractivity contribution in [1.29, 1.82) is 0 Å². The molecular weight excluding hydrogens is 515 g/mol. The number of rotatable bonds is 8. The molecule has 6 rings (SSSR count). The molecule has 5 aromatic carbocycles. The third-order valence-corrected chi connectivity index (χ3v) is 9.90. The summed E-state index contributed by atoms with van der Waals surface area (Å²) in [5.74, 6) is 0.887. The molecule has 6 aromatic rings. The van der Waals surface area contributed by atoms with Crippen LogP contribution in [-0.2, 0) is 5.16 Å². The molecule has 0 saturated carbocycles. The van der Waals surface area contributed by atoms with Gasteiger partial charge in [0, 0.05) is 12.4 Å². The van der Waals surface area contributed by atoms with Gasteiger partial charge in [0.1, 0.15) is 5.75 Å². The summed E-state index contributed by atoms with van der Waals surface area (Å²) in [5, 5.41) is 1.08. The molecule has 0 aliphatic carbocycles. The van der Waals surface area contributed by atoms with Crippen LogP contribution in [0, 0.1) is 0 Å². The van der Waals surface area contributed by atoms with Crippen LogP contribution in [0.3, 0.4) is 0 Å². The van der Waals surface area contributed by atoms with Crippen LogP contribution in [0.25, 0.3) is 0 Å². The van der Waals surface area contributed by atoms with E-state index in [0.29, 0.717) is 0 Å². The second-order valence-corrected chi connectivity index (χ2v) is 12.1. The molecule has 0 aliphatic rings. The standard InChI is InChI=1S/C23H22N2OSi.C13H11B/c1-26-21-13-8-14-22(17-21)27-23(25-16-15-24-18-25,19-9-4-2-5-10-19)20-11-6-3-7-12-20;14-13(11-7-3-1-4-8-11)12-9-5-2-6-10-12/h2-18H,27H2,1H3;1-10,13H. The number of imidazole rings is 1. The van der Waals surface area contributed by atoms with Crippen LogP contribution in [0.15, 0.2) is 164 Å². The van der Waals surface area contributed by atoms with Gasteiger partial charge >= 0.3 is 0 Å². The van der Waals surface area contributed by atoms with E-state index in [1.165, 1.54) is 16.3 Å². The van der Waals surface area contributed by atoms with E-state index in [4.69, 9.17) is 12.6 Å². The molecule has 0 spiro atoms. The maximum absolute atomic E-state index is 6.12. The maximum atomic E-state index is 6.12. The molecule has 0 saturated heterocycles. The summed E-state index contributed by atoms with van der Waals surface area (Å²) in [6.07, 6.45) is 5.88. The van der Waals surface area contributed by atoms with Gasteiger partial charge in [-0.3, -0.25) is 0 Å². The van der Waals surface area contributed by atoms with Crippen molar-refractivity contribution in [2.45, 2.75) is 11.0 Å². The van der Waals surface area contributed by atoms with Crippen molar-refractivity contribution in [1.82, 2.24) is 9.55 Å². The van der Waals surface area contributed by atoms with Crippen molar-refractivity contribution in [2.75, 3.05) is 7.11 Å². The zero-order chi connectivity index (χ0) is 28.3. The van der Waals surface area contributed by atoms with Crippen LogP contribution in [0.5, 0.6) is 5.75 Å². The van der Waals surface area contributed by atoms with E-state index < -0.39 is 9.52 Å². The highest BCUT2D eigenvalue weighted by atomic mass is 28.2. The number of hydrogen-bond donors (Lipinski definition) is 0. The molecule has 0 fully saturated rings. The van der Waals surface area contributed by atoms with Gasteiger partial charge in [-0.15, -0.1) is 0 Å². The smallest absolute Gasteiger partial charge is 0.118 e. The molecule has 2 radical (unpaired) electrons. The van der Waals surface area contributed by atoms with Crippen LogP contribution in [-0.4, -0.2) is 34.0 Å². The van der Waals surface area contributed by atoms with Crippen molar-refractivity contribution in [3.8, 4) is 5.75 Å². The van der Waals surface area contributed by atoms with E-state index in [2.05, 4.69) is 119 Å². The second kappa shape index (κ2) is 13.6. The van der Waals surface area contributed by atoms with Gasteiger partial charge in [0.05, 0.1) is 36.0 Å². The molecule has 1 heterocycles. The average molecular weight is 549 g/mol. The van der Waals surface area contributed by atoms with Crippen molar-refractivity contribution in [3.05, 3.63) is 187 Å².